The minimum atomic E-state index is -1.19. The molecule has 0 aliphatic heterocycles. The number of aliphatic carboxylic acids is 2. The number of carbonyl (C=O) groups excluding carboxylic acids is 2. The van der Waals surface area contributed by atoms with Gasteiger partial charge in [0.25, 0.3) is 5.56 Å². The van der Waals surface area contributed by atoms with Crippen LogP contribution in [0.5, 0.6) is 0 Å². The molecule has 0 unspecified atom stereocenters. The molecule has 1 aromatic heterocycles. The summed E-state index contributed by atoms with van der Waals surface area (Å²) in [5.74, 6) is -2.52. The Labute approximate surface area is 199 Å². The second-order valence-corrected chi connectivity index (χ2v) is 6.93. The SMILES string of the molecule is COC(=O)C1=C(NCC(=O)[O-])CCC1.O=C(O)Cn1c2c(c(=O)[nH]c1=S)CCC2.[Na+]. The van der Waals surface area contributed by atoms with E-state index in [9.17, 15) is 24.3 Å². The number of rotatable bonds is 6. The molecule has 0 radical (unpaired) electrons. The summed E-state index contributed by atoms with van der Waals surface area (Å²) >= 11 is 4.94. The van der Waals surface area contributed by atoms with Crippen molar-refractivity contribution in [2.75, 3.05) is 13.7 Å². The van der Waals surface area contributed by atoms with Crippen LogP contribution in [0.2, 0.25) is 0 Å². The Bertz CT molecular complexity index is 968. The van der Waals surface area contributed by atoms with Crippen molar-refractivity contribution >= 4 is 30.1 Å². The summed E-state index contributed by atoms with van der Waals surface area (Å²) < 4.78 is 6.27. The van der Waals surface area contributed by atoms with Crippen LogP contribution in [0.25, 0.3) is 0 Å². The van der Waals surface area contributed by atoms with Crippen LogP contribution in [0.3, 0.4) is 0 Å². The van der Waals surface area contributed by atoms with Gasteiger partial charge in [0.05, 0.1) is 25.2 Å². The maximum atomic E-state index is 11.5. The number of fused-ring (bicyclic) bond motifs is 1. The quantitative estimate of drug-likeness (QED) is 0.228. The van der Waals surface area contributed by atoms with Crippen molar-refractivity contribution < 1.29 is 58.9 Å². The predicted molar refractivity (Wildman–Crippen MR) is 101 cm³/mol. The van der Waals surface area contributed by atoms with Gasteiger partial charge in [0.2, 0.25) is 0 Å². The minimum absolute atomic E-state index is 0. The number of allylic oxidation sites excluding steroid dienone is 1. The van der Waals surface area contributed by atoms with Gasteiger partial charge in [0.15, 0.2) is 4.77 Å². The van der Waals surface area contributed by atoms with Gasteiger partial charge >= 0.3 is 41.5 Å². The van der Waals surface area contributed by atoms with Gasteiger partial charge in [-0.05, 0) is 50.7 Å². The molecule has 0 bridgehead atoms. The summed E-state index contributed by atoms with van der Waals surface area (Å²) in [6, 6.07) is 0. The third-order valence-electron chi connectivity index (χ3n) is 4.64. The van der Waals surface area contributed by atoms with E-state index >= 15 is 0 Å². The zero-order valence-electron chi connectivity index (χ0n) is 16.9. The zero-order valence-corrected chi connectivity index (χ0v) is 19.7. The smallest absolute Gasteiger partial charge is 0.548 e. The van der Waals surface area contributed by atoms with E-state index in [4.69, 9.17) is 17.3 Å². The van der Waals surface area contributed by atoms with Crippen LogP contribution < -0.4 is 45.5 Å². The Morgan fingerprint density at radius 1 is 1.23 bits per heavy atom. The number of aromatic amines is 1. The Balaban J connectivity index is 0.000000291. The van der Waals surface area contributed by atoms with Crippen LogP contribution in [0, 0.1) is 4.77 Å². The van der Waals surface area contributed by atoms with Gasteiger partial charge in [0, 0.05) is 17.0 Å². The van der Waals surface area contributed by atoms with Crippen molar-refractivity contribution in [2.24, 2.45) is 0 Å². The van der Waals surface area contributed by atoms with Crippen LogP contribution in [0.4, 0.5) is 0 Å². The molecule has 1 heterocycles. The van der Waals surface area contributed by atoms with Gasteiger partial charge < -0.3 is 29.6 Å². The van der Waals surface area contributed by atoms with Crippen LogP contribution >= 0.6 is 12.2 Å². The second kappa shape index (κ2) is 12.0. The third-order valence-corrected chi connectivity index (χ3v) is 4.97. The van der Waals surface area contributed by atoms with E-state index in [0.29, 0.717) is 36.1 Å². The van der Waals surface area contributed by atoms with Gasteiger partial charge in [-0.3, -0.25) is 14.6 Å². The van der Waals surface area contributed by atoms with Crippen molar-refractivity contribution in [1.29, 1.82) is 0 Å². The fourth-order valence-electron chi connectivity index (χ4n) is 3.40. The fraction of sp³-hybridized carbons (Fsp3) is 0.500. The fourth-order valence-corrected chi connectivity index (χ4v) is 3.67. The van der Waals surface area contributed by atoms with E-state index in [0.717, 1.165) is 25.0 Å². The van der Waals surface area contributed by atoms with Gasteiger partial charge in [-0.2, -0.15) is 0 Å². The van der Waals surface area contributed by atoms with E-state index in [2.05, 4.69) is 15.0 Å². The molecule has 12 heteroatoms. The molecule has 3 N–H and O–H groups in total. The Morgan fingerprint density at radius 3 is 2.50 bits per heavy atom. The summed E-state index contributed by atoms with van der Waals surface area (Å²) in [5, 5.41) is 21.6. The van der Waals surface area contributed by atoms with Gasteiger partial charge in [-0.1, -0.05) is 0 Å². The molecule has 158 valence electrons. The molecule has 0 amide bonds. The molecule has 30 heavy (non-hydrogen) atoms. The molecule has 2 aliphatic carbocycles. The van der Waals surface area contributed by atoms with E-state index in [1.165, 1.54) is 11.7 Å². The molecular formula is C18H22N3NaO7S. The first-order valence-electron chi connectivity index (χ1n) is 9.05. The largest absolute Gasteiger partial charge is 1.00 e. The second-order valence-electron chi connectivity index (χ2n) is 6.55. The zero-order chi connectivity index (χ0) is 21.6. The van der Waals surface area contributed by atoms with Crippen molar-refractivity contribution in [2.45, 2.75) is 45.1 Å². The molecule has 0 saturated carbocycles. The van der Waals surface area contributed by atoms with E-state index < -0.39 is 11.9 Å². The van der Waals surface area contributed by atoms with Crippen molar-refractivity contribution in [3.05, 3.63) is 37.7 Å². The number of hydrogen-bond donors (Lipinski definition) is 3. The number of aromatic nitrogens is 2. The first kappa shape index (κ1) is 26.1. The minimum Gasteiger partial charge on any atom is -0.548 e. The molecule has 3 rings (SSSR count). The molecule has 10 nitrogen and oxygen atoms in total. The summed E-state index contributed by atoms with van der Waals surface area (Å²) in [6.07, 6.45) is 4.51. The van der Waals surface area contributed by atoms with Gasteiger partial charge in [0.1, 0.15) is 6.54 Å². The first-order chi connectivity index (χ1) is 13.7. The van der Waals surface area contributed by atoms with Gasteiger partial charge in [-0.15, -0.1) is 0 Å². The van der Waals surface area contributed by atoms with E-state index in [1.807, 2.05) is 0 Å². The maximum Gasteiger partial charge on any atom is 1.00 e. The number of H-pyrrole nitrogens is 1. The maximum absolute atomic E-state index is 11.5. The summed E-state index contributed by atoms with van der Waals surface area (Å²) in [4.78, 5) is 46.0. The Hall–Kier alpha value is -1.95. The normalized spacial score (nSPS) is 14.2. The number of methoxy groups -OCH3 is 1. The summed E-state index contributed by atoms with van der Waals surface area (Å²) in [5.41, 5.74) is 2.51. The van der Waals surface area contributed by atoms with Crippen LogP contribution in [-0.4, -0.2) is 46.2 Å². The number of carboxylic acids is 2. The molecule has 0 saturated heterocycles. The monoisotopic (exact) mass is 447 g/mol. The molecule has 1 aromatic rings. The van der Waals surface area contributed by atoms with Crippen molar-refractivity contribution in [1.82, 2.24) is 14.9 Å². The number of carbonyl (C=O) groups is 3. The number of hydrogen-bond acceptors (Lipinski definition) is 8. The topological polar surface area (TPSA) is 154 Å². The van der Waals surface area contributed by atoms with Crippen molar-refractivity contribution in [3.63, 3.8) is 0 Å². The van der Waals surface area contributed by atoms with E-state index in [1.54, 1.807) is 0 Å². The Kier molecular flexibility index (Phi) is 10.5. The first-order valence-corrected chi connectivity index (χ1v) is 9.46. The molecule has 2 aliphatic rings. The molecular weight excluding hydrogens is 425 g/mol. The molecule has 0 spiro atoms. The number of carboxylic acid groups (broad SMARTS) is 2. The molecule has 0 atom stereocenters. The van der Waals surface area contributed by atoms with E-state index in [-0.39, 0.29) is 58.9 Å². The third kappa shape index (κ3) is 6.79. The van der Waals surface area contributed by atoms with Crippen LogP contribution in [0.1, 0.15) is 36.9 Å². The number of nitrogens with one attached hydrogen (secondary N) is 2. The van der Waals surface area contributed by atoms with Crippen LogP contribution in [0.15, 0.2) is 16.1 Å². The molecule has 0 aromatic carbocycles. The summed E-state index contributed by atoms with van der Waals surface area (Å²) in [6.45, 7) is -0.451. The summed E-state index contributed by atoms with van der Waals surface area (Å²) in [7, 11) is 1.31. The standard InChI is InChI=1S/C9H10N2O3S.C9H13NO4.Na/c12-7(13)4-11-6-3-1-2-5(6)8(14)10-9(11)15;1-14-9(13)6-3-2-4-7(6)10-5-8(11)12;/h1-4H2,(H,12,13)(H,10,14,15);10H,2-5H2,1H3,(H,11,12);/q;;+1/p-1. The number of ether oxygens (including phenoxy) is 1. The van der Waals surface area contributed by atoms with Crippen molar-refractivity contribution in [3.8, 4) is 0 Å². The van der Waals surface area contributed by atoms with Gasteiger partial charge in [-0.25, -0.2) is 4.79 Å². The predicted octanol–water partition coefficient (Wildman–Crippen LogP) is -3.58. The average molecular weight is 447 g/mol. The number of nitrogens with zero attached hydrogens (tertiary/aromatic N) is 1. The number of esters is 1. The van der Waals surface area contributed by atoms with Crippen LogP contribution in [-0.2, 0) is 38.5 Å². The molecule has 0 fully saturated rings. The average Bonchev–Trinajstić information content (AvgIpc) is 3.32. The Morgan fingerprint density at radius 2 is 1.90 bits per heavy atom.